The quantitative estimate of drug-likeness (QED) is 0.845. The molecule has 6 nitrogen and oxygen atoms in total. The minimum absolute atomic E-state index is 0.0357. The number of aromatic nitrogens is 3. The Kier molecular flexibility index (Phi) is 4.54. The van der Waals surface area contributed by atoms with Gasteiger partial charge in [0.2, 0.25) is 0 Å². The molecule has 0 saturated carbocycles. The average molecular weight is 267 g/mol. The SMILES string of the molecule is CCC(C)(C(NC)c1cnnn1C)N1CCOCC1. The molecule has 0 spiro atoms. The molecule has 1 aliphatic heterocycles. The van der Waals surface area contributed by atoms with E-state index in [0.717, 1.165) is 38.4 Å². The third-order valence-electron chi connectivity index (χ3n) is 4.41. The second kappa shape index (κ2) is 5.98. The Hall–Kier alpha value is -0.980. The molecule has 0 radical (unpaired) electrons. The molecule has 2 heterocycles. The number of likely N-dealkylation sites (N-methyl/N-ethyl adjacent to an activating group) is 1. The van der Waals surface area contributed by atoms with Crippen molar-refractivity contribution in [1.29, 1.82) is 0 Å². The van der Waals surface area contributed by atoms with Crippen molar-refractivity contribution in [3.63, 3.8) is 0 Å². The molecular formula is C13H25N5O. The van der Waals surface area contributed by atoms with Gasteiger partial charge in [-0.25, -0.2) is 0 Å². The van der Waals surface area contributed by atoms with Gasteiger partial charge < -0.3 is 10.1 Å². The standard InChI is InChI=1S/C13H25N5O/c1-5-13(2,18-6-8-19-9-7-18)12(14-3)11-10-15-16-17(11)4/h10,12,14H,5-9H2,1-4H3. The lowest BCUT2D eigenvalue weighted by molar-refractivity contribution is -0.0329. The first kappa shape index (κ1) is 14.4. The van der Waals surface area contributed by atoms with Gasteiger partial charge in [-0.1, -0.05) is 12.1 Å². The van der Waals surface area contributed by atoms with Crippen LogP contribution < -0.4 is 5.32 Å². The highest BCUT2D eigenvalue weighted by Gasteiger charge is 2.40. The highest BCUT2D eigenvalue weighted by atomic mass is 16.5. The molecule has 0 amide bonds. The van der Waals surface area contributed by atoms with Gasteiger partial charge in [0.25, 0.3) is 0 Å². The van der Waals surface area contributed by atoms with Crippen molar-refractivity contribution < 1.29 is 4.74 Å². The monoisotopic (exact) mass is 267 g/mol. The lowest BCUT2D eigenvalue weighted by Gasteiger charge is -2.47. The van der Waals surface area contributed by atoms with Crippen LogP contribution in [-0.2, 0) is 11.8 Å². The third-order valence-corrected chi connectivity index (χ3v) is 4.41. The average Bonchev–Trinajstić information content (AvgIpc) is 2.86. The van der Waals surface area contributed by atoms with E-state index in [-0.39, 0.29) is 11.6 Å². The highest BCUT2D eigenvalue weighted by molar-refractivity contribution is 5.11. The van der Waals surface area contributed by atoms with Gasteiger partial charge in [0.05, 0.1) is 31.1 Å². The van der Waals surface area contributed by atoms with Crippen molar-refractivity contribution >= 4 is 0 Å². The number of morpholine rings is 1. The minimum atomic E-state index is 0.0357. The Morgan fingerprint density at radius 1 is 1.47 bits per heavy atom. The minimum Gasteiger partial charge on any atom is -0.379 e. The Morgan fingerprint density at radius 2 is 2.16 bits per heavy atom. The molecule has 0 aliphatic carbocycles. The van der Waals surface area contributed by atoms with Gasteiger partial charge in [-0.3, -0.25) is 9.58 Å². The largest absolute Gasteiger partial charge is 0.379 e. The van der Waals surface area contributed by atoms with Gasteiger partial charge in [-0.05, 0) is 20.4 Å². The molecular weight excluding hydrogens is 242 g/mol. The number of nitrogens with zero attached hydrogens (tertiary/aromatic N) is 4. The van der Waals surface area contributed by atoms with Crippen LogP contribution in [0.1, 0.15) is 32.0 Å². The van der Waals surface area contributed by atoms with E-state index >= 15 is 0 Å². The first-order chi connectivity index (χ1) is 9.13. The lowest BCUT2D eigenvalue weighted by Crippen LogP contribution is -2.57. The molecule has 2 unspecified atom stereocenters. The summed E-state index contributed by atoms with van der Waals surface area (Å²) < 4.78 is 7.33. The summed E-state index contributed by atoms with van der Waals surface area (Å²) in [7, 11) is 3.95. The van der Waals surface area contributed by atoms with Crippen molar-refractivity contribution in [3.8, 4) is 0 Å². The van der Waals surface area contributed by atoms with Crippen LogP contribution in [0.2, 0.25) is 0 Å². The molecule has 1 fully saturated rings. The Morgan fingerprint density at radius 3 is 2.63 bits per heavy atom. The summed E-state index contributed by atoms with van der Waals surface area (Å²) in [5, 5.41) is 11.5. The fourth-order valence-electron chi connectivity index (χ4n) is 3.02. The zero-order valence-electron chi connectivity index (χ0n) is 12.4. The first-order valence-corrected chi connectivity index (χ1v) is 6.98. The van der Waals surface area contributed by atoms with Crippen molar-refractivity contribution in [1.82, 2.24) is 25.2 Å². The van der Waals surface area contributed by atoms with E-state index in [9.17, 15) is 0 Å². The number of ether oxygens (including phenoxy) is 1. The molecule has 0 aromatic carbocycles. The van der Waals surface area contributed by atoms with Crippen LogP contribution in [-0.4, -0.2) is 58.8 Å². The number of aryl methyl sites for hydroxylation is 1. The van der Waals surface area contributed by atoms with Gasteiger partial charge in [-0.2, -0.15) is 0 Å². The smallest absolute Gasteiger partial charge is 0.0771 e. The highest BCUT2D eigenvalue weighted by Crippen LogP contribution is 2.34. The normalized spacial score (nSPS) is 22.1. The molecule has 6 heteroatoms. The maximum absolute atomic E-state index is 5.48. The zero-order chi connectivity index (χ0) is 13.9. The Balaban J connectivity index is 2.29. The van der Waals surface area contributed by atoms with E-state index in [1.54, 1.807) is 0 Å². The second-order valence-corrected chi connectivity index (χ2v) is 5.31. The summed E-state index contributed by atoms with van der Waals surface area (Å²) in [6.07, 6.45) is 2.92. The van der Waals surface area contributed by atoms with Gasteiger partial charge >= 0.3 is 0 Å². The molecule has 19 heavy (non-hydrogen) atoms. The summed E-state index contributed by atoms with van der Waals surface area (Å²) >= 11 is 0. The van der Waals surface area contributed by atoms with Crippen LogP contribution >= 0.6 is 0 Å². The maximum atomic E-state index is 5.48. The summed E-state index contributed by atoms with van der Waals surface area (Å²) in [5.41, 5.74) is 1.16. The van der Waals surface area contributed by atoms with E-state index < -0.39 is 0 Å². The van der Waals surface area contributed by atoms with Crippen molar-refractivity contribution in [2.75, 3.05) is 33.4 Å². The topological polar surface area (TPSA) is 55.2 Å². The molecule has 1 aromatic heterocycles. The third kappa shape index (κ3) is 2.66. The summed E-state index contributed by atoms with van der Waals surface area (Å²) in [4.78, 5) is 2.52. The lowest BCUT2D eigenvalue weighted by atomic mass is 9.85. The molecule has 108 valence electrons. The van der Waals surface area contributed by atoms with Crippen LogP contribution in [0, 0.1) is 0 Å². The fourth-order valence-corrected chi connectivity index (χ4v) is 3.02. The number of nitrogens with one attached hydrogen (secondary N) is 1. The molecule has 1 saturated heterocycles. The van der Waals surface area contributed by atoms with Crippen LogP contribution in [0.5, 0.6) is 0 Å². The van der Waals surface area contributed by atoms with E-state index in [2.05, 4.69) is 34.4 Å². The Bertz CT molecular complexity index is 401. The molecule has 0 bridgehead atoms. The first-order valence-electron chi connectivity index (χ1n) is 6.98. The molecule has 1 aromatic rings. The van der Waals surface area contributed by atoms with Crippen molar-refractivity contribution in [2.24, 2.45) is 7.05 Å². The number of hydrogen-bond donors (Lipinski definition) is 1. The van der Waals surface area contributed by atoms with Crippen LogP contribution in [0.15, 0.2) is 6.20 Å². The van der Waals surface area contributed by atoms with Crippen molar-refractivity contribution in [3.05, 3.63) is 11.9 Å². The van der Waals surface area contributed by atoms with E-state index in [1.807, 2.05) is 25.0 Å². The molecule has 2 rings (SSSR count). The van der Waals surface area contributed by atoms with E-state index in [4.69, 9.17) is 4.74 Å². The van der Waals surface area contributed by atoms with Gasteiger partial charge in [0.1, 0.15) is 0 Å². The van der Waals surface area contributed by atoms with Gasteiger partial charge in [0.15, 0.2) is 0 Å². The zero-order valence-corrected chi connectivity index (χ0v) is 12.4. The van der Waals surface area contributed by atoms with Crippen LogP contribution in [0.4, 0.5) is 0 Å². The number of hydrogen-bond acceptors (Lipinski definition) is 5. The van der Waals surface area contributed by atoms with Gasteiger partial charge in [0, 0.05) is 25.7 Å². The number of rotatable bonds is 5. The molecule has 1 N–H and O–H groups in total. The van der Waals surface area contributed by atoms with Crippen LogP contribution in [0.3, 0.4) is 0 Å². The summed E-state index contributed by atoms with van der Waals surface area (Å²) in [6.45, 7) is 8.14. The summed E-state index contributed by atoms with van der Waals surface area (Å²) in [6, 6.07) is 0.204. The van der Waals surface area contributed by atoms with Gasteiger partial charge in [-0.15, -0.1) is 5.10 Å². The van der Waals surface area contributed by atoms with E-state index in [1.165, 1.54) is 0 Å². The fraction of sp³-hybridized carbons (Fsp3) is 0.846. The molecule has 1 aliphatic rings. The van der Waals surface area contributed by atoms with Crippen molar-refractivity contribution in [2.45, 2.75) is 31.8 Å². The predicted octanol–water partition coefficient (Wildman–Crippen LogP) is 0.577. The van der Waals surface area contributed by atoms with E-state index in [0.29, 0.717) is 0 Å². The predicted molar refractivity (Wildman–Crippen MR) is 73.9 cm³/mol. The summed E-state index contributed by atoms with van der Waals surface area (Å²) in [5.74, 6) is 0. The molecule has 2 atom stereocenters. The maximum Gasteiger partial charge on any atom is 0.0771 e. The second-order valence-electron chi connectivity index (χ2n) is 5.31. The van der Waals surface area contributed by atoms with Crippen LogP contribution in [0.25, 0.3) is 0 Å². The Labute approximate surface area is 115 Å².